The van der Waals surface area contributed by atoms with Gasteiger partial charge in [0.05, 0.1) is 27.4 Å². The highest BCUT2D eigenvalue weighted by molar-refractivity contribution is 7.90. The highest BCUT2D eigenvalue weighted by atomic mass is 35.5. The number of hydrogen-bond donors (Lipinski definition) is 0. The van der Waals surface area contributed by atoms with Crippen molar-refractivity contribution in [2.45, 2.75) is 36.0 Å². The molecule has 1 atom stereocenters. The fourth-order valence-corrected chi connectivity index (χ4v) is 6.59. The molecule has 9 heteroatoms. The number of likely N-dealkylation sites (tertiary alicyclic amines) is 1. The lowest BCUT2D eigenvalue weighted by molar-refractivity contribution is 0.0610. The number of sulfone groups is 1. The molecule has 0 N–H and O–H groups in total. The summed E-state index contributed by atoms with van der Waals surface area (Å²) in [4.78, 5) is 23.4. The monoisotopic (exact) mass is 489 g/mol. The zero-order valence-electron chi connectivity index (χ0n) is 17.1. The average Bonchev–Trinajstić information content (AvgIpc) is 2.79. The number of halogens is 2. The third-order valence-electron chi connectivity index (χ3n) is 5.46. The largest absolute Gasteiger partial charge is 0.332 e. The molecule has 2 aromatic heterocycles. The summed E-state index contributed by atoms with van der Waals surface area (Å²) in [5.74, 6) is -0.544. The van der Waals surface area contributed by atoms with E-state index in [4.69, 9.17) is 23.2 Å². The minimum Gasteiger partial charge on any atom is -0.332 e. The number of hydrogen-bond acceptors (Lipinski definition) is 5. The second-order valence-corrected chi connectivity index (χ2v) is 10.4. The molecule has 1 amide bonds. The normalized spacial score (nSPS) is 16.7. The van der Waals surface area contributed by atoms with Crippen molar-refractivity contribution in [3.63, 3.8) is 0 Å². The lowest BCUT2D eigenvalue weighted by atomic mass is 9.95. The molecule has 1 unspecified atom stereocenters. The molecule has 1 aliphatic rings. The van der Waals surface area contributed by atoms with Gasteiger partial charge in [-0.25, -0.2) is 8.42 Å². The Balaban J connectivity index is 1.60. The van der Waals surface area contributed by atoms with E-state index in [-0.39, 0.29) is 32.6 Å². The summed E-state index contributed by atoms with van der Waals surface area (Å²) in [5, 5.41) is 0.121. The quantitative estimate of drug-likeness (QED) is 0.496. The van der Waals surface area contributed by atoms with Gasteiger partial charge in [0.25, 0.3) is 5.91 Å². The summed E-state index contributed by atoms with van der Waals surface area (Å²) >= 11 is 12.2. The number of carbonyl (C=O) groups excluding carboxylic acids is 1. The molecule has 0 radical (unpaired) electrons. The molecule has 1 aliphatic heterocycles. The Kier molecular flexibility index (Phi) is 6.79. The maximum absolute atomic E-state index is 13.4. The molecule has 3 aromatic rings. The molecule has 0 bridgehead atoms. The van der Waals surface area contributed by atoms with Gasteiger partial charge in [0.2, 0.25) is 0 Å². The van der Waals surface area contributed by atoms with Crippen LogP contribution in [-0.4, -0.2) is 35.7 Å². The maximum atomic E-state index is 13.4. The molecule has 6 nitrogen and oxygen atoms in total. The van der Waals surface area contributed by atoms with E-state index >= 15 is 0 Å². The Morgan fingerprint density at radius 1 is 1.03 bits per heavy atom. The van der Waals surface area contributed by atoms with E-state index in [9.17, 15) is 13.2 Å². The van der Waals surface area contributed by atoms with Gasteiger partial charge >= 0.3 is 0 Å². The number of carbonyl (C=O) groups is 1. The Bertz CT molecular complexity index is 1220. The zero-order valence-corrected chi connectivity index (χ0v) is 19.4. The van der Waals surface area contributed by atoms with Crippen LogP contribution in [0.5, 0.6) is 0 Å². The van der Waals surface area contributed by atoms with Crippen molar-refractivity contribution in [2.75, 3.05) is 6.54 Å². The molecule has 166 valence electrons. The number of aromatic nitrogens is 2. The predicted octanol–water partition coefficient (Wildman–Crippen LogP) is 5.12. The molecule has 3 heterocycles. The summed E-state index contributed by atoms with van der Waals surface area (Å²) in [5.41, 5.74) is 1.72. The highest BCUT2D eigenvalue weighted by Gasteiger charge is 2.29. The number of benzene rings is 1. The molecule has 4 rings (SSSR count). The Morgan fingerprint density at radius 3 is 2.53 bits per heavy atom. The summed E-state index contributed by atoms with van der Waals surface area (Å²) in [6.07, 6.45) is 9.18. The van der Waals surface area contributed by atoms with E-state index in [2.05, 4.69) is 9.97 Å². The van der Waals surface area contributed by atoms with Crippen molar-refractivity contribution < 1.29 is 13.2 Å². The zero-order chi connectivity index (χ0) is 22.7. The van der Waals surface area contributed by atoms with Crippen LogP contribution in [0.4, 0.5) is 0 Å². The van der Waals surface area contributed by atoms with Gasteiger partial charge in [-0.3, -0.25) is 14.8 Å². The Hall–Kier alpha value is -2.48. The molecule has 1 saturated heterocycles. The van der Waals surface area contributed by atoms with Crippen LogP contribution in [0, 0.1) is 0 Å². The van der Waals surface area contributed by atoms with E-state index in [0.29, 0.717) is 17.7 Å². The van der Waals surface area contributed by atoms with Gasteiger partial charge in [-0.2, -0.15) is 0 Å². The molecule has 32 heavy (non-hydrogen) atoms. The molecule has 1 aromatic carbocycles. The lowest BCUT2D eigenvalue weighted by Crippen LogP contribution is -2.38. The smallest absolute Gasteiger partial charge is 0.255 e. The van der Waals surface area contributed by atoms with Crippen LogP contribution in [0.15, 0.2) is 66.1 Å². The van der Waals surface area contributed by atoms with Crippen LogP contribution in [0.25, 0.3) is 0 Å². The van der Waals surface area contributed by atoms with Crippen LogP contribution in [0.1, 0.15) is 46.8 Å². The molecule has 1 fully saturated rings. The van der Waals surface area contributed by atoms with Crippen LogP contribution < -0.4 is 0 Å². The third-order valence-corrected chi connectivity index (χ3v) is 8.09. The number of nitrogens with zero attached hydrogens (tertiary/aromatic N) is 3. The predicted molar refractivity (Wildman–Crippen MR) is 123 cm³/mol. The summed E-state index contributed by atoms with van der Waals surface area (Å²) < 4.78 is 25.9. The molecule has 0 saturated carbocycles. The van der Waals surface area contributed by atoms with Crippen molar-refractivity contribution in [3.05, 3.63) is 87.9 Å². The standard InChI is InChI=1S/C23H21Cl2N3O3S/c24-19-6-3-7-20(25)22(19)32(30,31)15-16-11-18(14-27-12-16)23(29)28-10-2-1-8-21(28)17-5-4-9-26-13-17/h3-7,9,11-14,21H,1-2,8,10,15H2. The van der Waals surface area contributed by atoms with Crippen molar-refractivity contribution in [3.8, 4) is 0 Å². The van der Waals surface area contributed by atoms with Gasteiger partial charge in [0.15, 0.2) is 9.84 Å². The number of rotatable bonds is 5. The third kappa shape index (κ3) is 4.80. The first-order valence-corrected chi connectivity index (χ1v) is 12.6. The van der Waals surface area contributed by atoms with Gasteiger partial charge in [0, 0.05) is 31.3 Å². The van der Waals surface area contributed by atoms with E-state index in [0.717, 1.165) is 24.8 Å². The lowest BCUT2D eigenvalue weighted by Gasteiger charge is -2.36. The van der Waals surface area contributed by atoms with Crippen LogP contribution in [-0.2, 0) is 15.6 Å². The van der Waals surface area contributed by atoms with E-state index < -0.39 is 9.84 Å². The van der Waals surface area contributed by atoms with Gasteiger partial charge in [0.1, 0.15) is 4.90 Å². The van der Waals surface area contributed by atoms with Crippen LogP contribution >= 0.6 is 23.2 Å². The number of amides is 1. The maximum Gasteiger partial charge on any atom is 0.255 e. The van der Waals surface area contributed by atoms with Crippen molar-refractivity contribution in [1.29, 1.82) is 0 Å². The van der Waals surface area contributed by atoms with Gasteiger partial charge in [-0.05, 0) is 54.7 Å². The number of piperidine rings is 1. The molecular weight excluding hydrogens is 469 g/mol. The molecule has 0 aliphatic carbocycles. The Labute approximate surface area is 197 Å². The summed E-state index contributed by atoms with van der Waals surface area (Å²) in [6, 6.07) is 9.88. The van der Waals surface area contributed by atoms with Gasteiger partial charge in [-0.15, -0.1) is 0 Å². The molecular formula is C23H21Cl2N3O3S. The summed E-state index contributed by atoms with van der Waals surface area (Å²) in [7, 11) is -3.83. The first kappa shape index (κ1) is 22.7. The fourth-order valence-electron chi connectivity index (χ4n) is 4.01. The minimum absolute atomic E-state index is 0.0605. The highest BCUT2D eigenvalue weighted by Crippen LogP contribution is 2.33. The van der Waals surface area contributed by atoms with Gasteiger partial charge < -0.3 is 4.90 Å². The average molecular weight is 490 g/mol. The first-order chi connectivity index (χ1) is 15.4. The molecule has 0 spiro atoms. The van der Waals surface area contributed by atoms with Crippen molar-refractivity contribution in [2.24, 2.45) is 0 Å². The fraction of sp³-hybridized carbons (Fsp3) is 0.261. The van der Waals surface area contributed by atoms with Crippen LogP contribution in [0.3, 0.4) is 0 Å². The number of pyridine rings is 2. The van der Waals surface area contributed by atoms with E-state index in [1.54, 1.807) is 24.5 Å². The SMILES string of the molecule is O=C(c1cncc(CS(=O)(=O)c2c(Cl)cccc2Cl)c1)N1CCCCC1c1cccnc1. The van der Waals surface area contributed by atoms with Crippen molar-refractivity contribution >= 4 is 38.9 Å². The second kappa shape index (κ2) is 9.57. The van der Waals surface area contributed by atoms with Gasteiger partial charge in [-0.1, -0.05) is 35.3 Å². The topological polar surface area (TPSA) is 80.2 Å². The first-order valence-electron chi connectivity index (χ1n) is 10.2. The summed E-state index contributed by atoms with van der Waals surface area (Å²) in [6.45, 7) is 0.621. The van der Waals surface area contributed by atoms with Crippen LogP contribution in [0.2, 0.25) is 10.0 Å². The Morgan fingerprint density at radius 2 is 1.81 bits per heavy atom. The van der Waals surface area contributed by atoms with Crippen molar-refractivity contribution in [1.82, 2.24) is 14.9 Å². The van der Waals surface area contributed by atoms with E-state index in [1.807, 2.05) is 17.0 Å². The van der Waals surface area contributed by atoms with E-state index in [1.165, 1.54) is 24.5 Å². The second-order valence-electron chi connectivity index (χ2n) is 7.69. The minimum atomic E-state index is -3.83.